The minimum atomic E-state index is -0.293. The molecular weight excluding hydrogens is 254 g/mol. The van der Waals surface area contributed by atoms with E-state index in [1.165, 1.54) is 32.1 Å². The number of ether oxygens (including phenoxy) is 1. The first-order valence-corrected chi connectivity index (χ1v) is 8.03. The van der Waals surface area contributed by atoms with Gasteiger partial charge in [0.2, 0.25) is 11.7 Å². The molecule has 1 aromatic rings. The van der Waals surface area contributed by atoms with Gasteiger partial charge in [0.25, 0.3) is 0 Å². The molecule has 112 valence electrons. The molecule has 5 nitrogen and oxygen atoms in total. The van der Waals surface area contributed by atoms with Crippen LogP contribution >= 0.6 is 0 Å². The molecular formula is C15H25N3O2. The van der Waals surface area contributed by atoms with Crippen LogP contribution in [0.25, 0.3) is 0 Å². The highest BCUT2D eigenvalue weighted by atomic mass is 16.5. The summed E-state index contributed by atoms with van der Waals surface area (Å²) < 4.78 is 11.4. The lowest BCUT2D eigenvalue weighted by molar-refractivity contribution is -0.0777. The zero-order chi connectivity index (χ0) is 13.8. The summed E-state index contributed by atoms with van der Waals surface area (Å²) in [6, 6.07) is 0.727. The fraction of sp³-hybridized carbons (Fsp3) is 0.867. The van der Waals surface area contributed by atoms with E-state index in [1.807, 2.05) is 6.92 Å². The van der Waals surface area contributed by atoms with Crippen LogP contribution in [0.5, 0.6) is 0 Å². The second-order valence-electron chi connectivity index (χ2n) is 5.98. The number of aromatic nitrogens is 2. The summed E-state index contributed by atoms with van der Waals surface area (Å²) >= 11 is 0. The average Bonchev–Trinajstić information content (AvgIpc) is 3.16. The molecule has 0 bridgehead atoms. The third kappa shape index (κ3) is 3.20. The Morgan fingerprint density at radius 1 is 1.30 bits per heavy atom. The Morgan fingerprint density at radius 3 is 2.80 bits per heavy atom. The SMILES string of the molecule is CCOC1(c2noc(CCNC3CC3)n2)CCCCC1. The molecule has 0 unspecified atom stereocenters. The third-order valence-electron chi connectivity index (χ3n) is 4.31. The molecule has 0 aromatic carbocycles. The van der Waals surface area contributed by atoms with Crippen molar-refractivity contribution in [1.29, 1.82) is 0 Å². The van der Waals surface area contributed by atoms with Gasteiger partial charge in [-0.2, -0.15) is 4.98 Å². The lowest BCUT2D eigenvalue weighted by Crippen LogP contribution is -2.33. The summed E-state index contributed by atoms with van der Waals surface area (Å²) in [4.78, 5) is 4.60. The van der Waals surface area contributed by atoms with Crippen LogP contribution in [0.2, 0.25) is 0 Å². The fourth-order valence-electron chi connectivity index (χ4n) is 3.04. The Morgan fingerprint density at radius 2 is 2.10 bits per heavy atom. The Kier molecular flexibility index (Phi) is 4.36. The molecule has 0 aliphatic heterocycles. The first kappa shape index (κ1) is 14.0. The summed E-state index contributed by atoms with van der Waals surface area (Å²) in [6.45, 7) is 3.66. The maximum absolute atomic E-state index is 6.02. The molecule has 2 fully saturated rings. The van der Waals surface area contributed by atoms with E-state index in [0.717, 1.165) is 43.6 Å². The van der Waals surface area contributed by atoms with Gasteiger partial charge in [-0.25, -0.2) is 0 Å². The summed E-state index contributed by atoms with van der Waals surface area (Å²) in [5.74, 6) is 1.50. The summed E-state index contributed by atoms with van der Waals surface area (Å²) in [7, 11) is 0. The van der Waals surface area contributed by atoms with Crippen LogP contribution in [-0.2, 0) is 16.8 Å². The zero-order valence-electron chi connectivity index (χ0n) is 12.4. The van der Waals surface area contributed by atoms with E-state index in [9.17, 15) is 0 Å². The quantitative estimate of drug-likeness (QED) is 0.831. The van der Waals surface area contributed by atoms with Crippen molar-refractivity contribution in [3.63, 3.8) is 0 Å². The molecule has 2 aliphatic carbocycles. The van der Waals surface area contributed by atoms with Gasteiger partial charge in [-0.15, -0.1) is 0 Å². The highest BCUT2D eigenvalue weighted by molar-refractivity contribution is 5.03. The average molecular weight is 279 g/mol. The summed E-state index contributed by atoms with van der Waals surface area (Å²) in [6.07, 6.45) is 9.11. The van der Waals surface area contributed by atoms with E-state index >= 15 is 0 Å². The van der Waals surface area contributed by atoms with Gasteiger partial charge in [0, 0.05) is 25.6 Å². The molecule has 5 heteroatoms. The van der Waals surface area contributed by atoms with Crippen LogP contribution in [0, 0.1) is 0 Å². The van der Waals surface area contributed by atoms with Crippen LogP contribution in [0.1, 0.15) is 63.6 Å². The van der Waals surface area contributed by atoms with Crippen LogP contribution in [0.3, 0.4) is 0 Å². The summed E-state index contributed by atoms with van der Waals surface area (Å²) in [5.41, 5.74) is -0.293. The van der Waals surface area contributed by atoms with E-state index in [1.54, 1.807) is 0 Å². The van der Waals surface area contributed by atoms with Crippen molar-refractivity contribution in [2.24, 2.45) is 0 Å². The Hall–Kier alpha value is -0.940. The van der Waals surface area contributed by atoms with Crippen LogP contribution in [0.15, 0.2) is 4.52 Å². The predicted octanol–water partition coefficient (Wildman–Crippen LogP) is 2.56. The number of nitrogens with one attached hydrogen (secondary N) is 1. The second kappa shape index (κ2) is 6.22. The molecule has 1 aromatic heterocycles. The minimum Gasteiger partial charge on any atom is -0.367 e. The largest absolute Gasteiger partial charge is 0.367 e. The molecule has 0 atom stereocenters. The minimum absolute atomic E-state index is 0.293. The number of nitrogens with zero attached hydrogens (tertiary/aromatic N) is 2. The van der Waals surface area contributed by atoms with Crippen molar-refractivity contribution >= 4 is 0 Å². The third-order valence-corrected chi connectivity index (χ3v) is 4.31. The van der Waals surface area contributed by atoms with Crippen molar-refractivity contribution in [3.05, 3.63) is 11.7 Å². The second-order valence-corrected chi connectivity index (χ2v) is 5.98. The number of hydrogen-bond donors (Lipinski definition) is 1. The lowest BCUT2D eigenvalue weighted by atomic mass is 9.84. The Labute approximate surface area is 120 Å². The number of rotatable bonds is 7. The van der Waals surface area contributed by atoms with Crippen molar-refractivity contribution < 1.29 is 9.26 Å². The maximum Gasteiger partial charge on any atom is 0.228 e. The first-order chi connectivity index (χ1) is 9.82. The van der Waals surface area contributed by atoms with E-state index in [-0.39, 0.29) is 5.60 Å². The highest BCUT2D eigenvalue weighted by Gasteiger charge is 2.39. The monoisotopic (exact) mass is 279 g/mol. The van der Waals surface area contributed by atoms with Gasteiger partial charge in [0.15, 0.2) is 0 Å². The first-order valence-electron chi connectivity index (χ1n) is 8.03. The summed E-state index contributed by atoms with van der Waals surface area (Å²) in [5, 5.41) is 7.67. The smallest absolute Gasteiger partial charge is 0.228 e. The lowest BCUT2D eigenvalue weighted by Gasteiger charge is -2.33. The molecule has 2 aliphatic rings. The van der Waals surface area contributed by atoms with Crippen molar-refractivity contribution in [2.45, 2.75) is 69.9 Å². The zero-order valence-corrected chi connectivity index (χ0v) is 12.4. The van der Waals surface area contributed by atoms with Gasteiger partial charge in [-0.1, -0.05) is 24.4 Å². The van der Waals surface area contributed by atoms with Crippen LogP contribution in [-0.4, -0.2) is 29.3 Å². The Bertz CT molecular complexity index is 417. The molecule has 20 heavy (non-hydrogen) atoms. The van der Waals surface area contributed by atoms with Crippen LogP contribution < -0.4 is 5.32 Å². The van der Waals surface area contributed by atoms with E-state index in [2.05, 4.69) is 15.5 Å². The number of hydrogen-bond acceptors (Lipinski definition) is 5. The molecule has 0 radical (unpaired) electrons. The molecule has 2 saturated carbocycles. The molecule has 1 N–H and O–H groups in total. The van der Waals surface area contributed by atoms with Gasteiger partial charge in [-0.05, 0) is 32.6 Å². The van der Waals surface area contributed by atoms with E-state index in [0.29, 0.717) is 6.61 Å². The predicted molar refractivity (Wildman–Crippen MR) is 75.4 cm³/mol. The van der Waals surface area contributed by atoms with Gasteiger partial charge in [0.1, 0.15) is 5.60 Å². The van der Waals surface area contributed by atoms with Crippen molar-refractivity contribution in [3.8, 4) is 0 Å². The molecule has 1 heterocycles. The van der Waals surface area contributed by atoms with Gasteiger partial charge < -0.3 is 14.6 Å². The Balaban J connectivity index is 1.62. The van der Waals surface area contributed by atoms with E-state index in [4.69, 9.17) is 9.26 Å². The molecule has 0 saturated heterocycles. The normalized spacial score (nSPS) is 22.1. The van der Waals surface area contributed by atoms with Gasteiger partial charge in [0.05, 0.1) is 0 Å². The van der Waals surface area contributed by atoms with Crippen LogP contribution in [0.4, 0.5) is 0 Å². The molecule has 0 amide bonds. The highest BCUT2D eigenvalue weighted by Crippen LogP contribution is 2.39. The van der Waals surface area contributed by atoms with Crippen molar-refractivity contribution in [1.82, 2.24) is 15.5 Å². The molecule has 0 spiro atoms. The fourth-order valence-corrected chi connectivity index (χ4v) is 3.04. The standard InChI is InChI=1S/C15H25N3O2/c1-2-19-15(9-4-3-5-10-15)14-17-13(20-18-14)8-11-16-12-6-7-12/h12,16H,2-11H2,1H3. The maximum atomic E-state index is 6.02. The van der Waals surface area contributed by atoms with E-state index < -0.39 is 0 Å². The molecule has 3 rings (SSSR count). The van der Waals surface area contributed by atoms with Crippen molar-refractivity contribution in [2.75, 3.05) is 13.2 Å². The topological polar surface area (TPSA) is 60.2 Å². The van der Waals surface area contributed by atoms with Gasteiger partial charge in [-0.3, -0.25) is 0 Å². The van der Waals surface area contributed by atoms with Gasteiger partial charge >= 0.3 is 0 Å².